The summed E-state index contributed by atoms with van der Waals surface area (Å²) in [6.07, 6.45) is 0. The summed E-state index contributed by atoms with van der Waals surface area (Å²) in [7, 11) is 0. The van der Waals surface area contributed by atoms with Gasteiger partial charge >= 0.3 is 0 Å². The molecule has 0 saturated carbocycles. The lowest BCUT2D eigenvalue weighted by molar-refractivity contribution is 0.655. The molecule has 3 nitrogen and oxygen atoms in total. The zero-order valence-electron chi connectivity index (χ0n) is 11.6. The quantitative estimate of drug-likeness (QED) is 0.625. The third kappa shape index (κ3) is 1.54. The van der Waals surface area contributed by atoms with Gasteiger partial charge in [0, 0.05) is 22.4 Å². The van der Waals surface area contributed by atoms with Crippen molar-refractivity contribution in [3.63, 3.8) is 0 Å². The van der Waals surface area contributed by atoms with Crippen LogP contribution in [-0.4, -0.2) is 0 Å². The first kappa shape index (κ1) is 13.2. The molecular weight excluding hydrogens is 270 g/mol. The Hall–Kier alpha value is -1.81. The normalized spacial score (nSPS) is 18.8. The van der Waals surface area contributed by atoms with Crippen molar-refractivity contribution in [3.05, 3.63) is 61.5 Å². The second-order valence-corrected chi connectivity index (χ2v) is 6.12. The summed E-state index contributed by atoms with van der Waals surface area (Å²) in [5, 5.41) is 3.38. The maximum absolute atomic E-state index is 11.7. The fourth-order valence-electron chi connectivity index (χ4n) is 2.98. The number of rotatable bonds is 1. The van der Waals surface area contributed by atoms with Crippen LogP contribution in [-0.2, 0) is 5.41 Å². The summed E-state index contributed by atoms with van der Waals surface area (Å²) < 4.78 is 0. The fraction of sp³-hybridized carbons (Fsp3) is 0.250. The van der Waals surface area contributed by atoms with Gasteiger partial charge in [0.25, 0.3) is 0 Å². The van der Waals surface area contributed by atoms with Crippen LogP contribution in [0.4, 0.5) is 5.69 Å². The van der Waals surface area contributed by atoms with Crippen molar-refractivity contribution in [2.45, 2.75) is 31.1 Å². The van der Waals surface area contributed by atoms with Crippen LogP contribution in [0.3, 0.4) is 0 Å². The topological polar surface area (TPSA) is 46.2 Å². The molecule has 0 fully saturated rings. The number of hydrogen-bond acceptors (Lipinski definition) is 4. The van der Waals surface area contributed by atoms with Crippen LogP contribution in [0.5, 0.6) is 0 Å². The largest absolute Gasteiger partial charge is 0.358 e. The minimum atomic E-state index is -0.489. The number of nitrogens with one attached hydrogen (secondary N) is 1. The number of fused-ring (bicyclic) bond motifs is 1. The van der Waals surface area contributed by atoms with Crippen molar-refractivity contribution in [2.75, 3.05) is 5.32 Å². The second kappa shape index (κ2) is 4.09. The SMILES string of the molecule is CC(=C1Nc2ccccc2C1(C)C)c1c(S)c(=O)c1=O. The van der Waals surface area contributed by atoms with Crippen molar-refractivity contribution in [1.82, 2.24) is 0 Å². The second-order valence-electron chi connectivity index (χ2n) is 5.68. The van der Waals surface area contributed by atoms with Crippen LogP contribution in [0.1, 0.15) is 31.9 Å². The van der Waals surface area contributed by atoms with Crippen molar-refractivity contribution >= 4 is 23.9 Å². The zero-order valence-corrected chi connectivity index (χ0v) is 12.5. The van der Waals surface area contributed by atoms with Gasteiger partial charge in [-0.15, -0.1) is 12.6 Å². The summed E-state index contributed by atoms with van der Waals surface area (Å²) >= 11 is 4.13. The average Bonchev–Trinajstić information content (AvgIpc) is 2.71. The van der Waals surface area contributed by atoms with Gasteiger partial charge in [-0.05, 0) is 24.1 Å². The molecule has 0 amide bonds. The van der Waals surface area contributed by atoms with E-state index in [0.29, 0.717) is 5.56 Å². The van der Waals surface area contributed by atoms with E-state index in [0.717, 1.165) is 17.0 Å². The Morgan fingerprint density at radius 1 is 1.15 bits per heavy atom. The van der Waals surface area contributed by atoms with Crippen LogP contribution in [0, 0.1) is 0 Å². The molecule has 0 bridgehead atoms. The maximum Gasteiger partial charge on any atom is 0.240 e. The summed E-state index contributed by atoms with van der Waals surface area (Å²) in [4.78, 5) is 23.4. The van der Waals surface area contributed by atoms with Crippen molar-refractivity contribution < 1.29 is 0 Å². The van der Waals surface area contributed by atoms with E-state index in [4.69, 9.17) is 0 Å². The fourth-order valence-corrected chi connectivity index (χ4v) is 3.35. The van der Waals surface area contributed by atoms with Gasteiger partial charge < -0.3 is 5.32 Å². The molecule has 4 heteroatoms. The van der Waals surface area contributed by atoms with E-state index in [2.05, 4.69) is 37.9 Å². The molecule has 0 atom stereocenters. The molecule has 0 aliphatic carbocycles. The van der Waals surface area contributed by atoms with Gasteiger partial charge in [0.2, 0.25) is 10.9 Å². The molecule has 0 spiro atoms. The van der Waals surface area contributed by atoms with E-state index in [1.165, 1.54) is 5.56 Å². The highest BCUT2D eigenvalue weighted by molar-refractivity contribution is 7.80. The number of hydrogen-bond donors (Lipinski definition) is 2. The third-order valence-corrected chi connectivity index (χ3v) is 4.55. The summed E-state index contributed by atoms with van der Waals surface area (Å²) in [5.74, 6) is 0. The van der Waals surface area contributed by atoms with Crippen molar-refractivity contribution in [1.29, 1.82) is 0 Å². The molecule has 0 radical (unpaired) electrons. The van der Waals surface area contributed by atoms with Gasteiger partial charge in [0.1, 0.15) is 0 Å². The molecule has 2 aromatic rings. The first-order valence-electron chi connectivity index (χ1n) is 6.46. The Morgan fingerprint density at radius 3 is 2.40 bits per heavy atom. The first-order valence-corrected chi connectivity index (χ1v) is 6.91. The Bertz CT molecular complexity index is 823. The molecule has 1 aliphatic heterocycles. The molecule has 3 rings (SSSR count). The van der Waals surface area contributed by atoms with Gasteiger partial charge in [-0.25, -0.2) is 0 Å². The molecule has 1 heterocycles. The van der Waals surface area contributed by atoms with E-state index in [9.17, 15) is 9.59 Å². The predicted molar refractivity (Wildman–Crippen MR) is 84.3 cm³/mol. The van der Waals surface area contributed by atoms with Gasteiger partial charge in [-0.2, -0.15) is 0 Å². The highest BCUT2D eigenvalue weighted by atomic mass is 32.1. The summed E-state index contributed by atoms with van der Waals surface area (Å²) in [5.41, 5.74) is 3.30. The molecule has 1 aliphatic rings. The van der Waals surface area contributed by atoms with Crippen LogP contribution < -0.4 is 16.2 Å². The molecule has 0 saturated heterocycles. The Kier molecular flexibility index (Phi) is 2.70. The predicted octanol–water partition coefficient (Wildman–Crippen LogP) is 2.71. The summed E-state index contributed by atoms with van der Waals surface area (Å²) in [6.45, 7) is 6.08. The number of allylic oxidation sites excluding steroid dienone is 2. The van der Waals surface area contributed by atoms with Gasteiger partial charge in [-0.1, -0.05) is 32.0 Å². The highest BCUT2D eigenvalue weighted by Gasteiger charge is 2.37. The molecule has 102 valence electrons. The van der Waals surface area contributed by atoms with Crippen molar-refractivity contribution in [3.8, 4) is 0 Å². The third-order valence-electron chi connectivity index (χ3n) is 4.12. The molecule has 2 aromatic carbocycles. The van der Waals surface area contributed by atoms with E-state index in [1.54, 1.807) is 0 Å². The van der Waals surface area contributed by atoms with E-state index in [-0.39, 0.29) is 10.3 Å². The molecule has 0 aromatic heterocycles. The Morgan fingerprint density at radius 2 is 1.80 bits per heavy atom. The van der Waals surface area contributed by atoms with E-state index >= 15 is 0 Å². The number of benzene rings is 1. The number of anilines is 1. The average molecular weight is 285 g/mol. The minimum absolute atomic E-state index is 0.222. The smallest absolute Gasteiger partial charge is 0.240 e. The van der Waals surface area contributed by atoms with Crippen LogP contribution in [0.25, 0.3) is 5.57 Å². The van der Waals surface area contributed by atoms with E-state index in [1.807, 2.05) is 25.1 Å². The van der Waals surface area contributed by atoms with Gasteiger partial charge in [-0.3, -0.25) is 9.59 Å². The lowest BCUT2D eigenvalue weighted by atomic mass is 9.81. The lowest BCUT2D eigenvalue weighted by Gasteiger charge is -2.23. The monoisotopic (exact) mass is 285 g/mol. The molecule has 20 heavy (non-hydrogen) atoms. The minimum Gasteiger partial charge on any atom is -0.358 e. The molecule has 1 N–H and O–H groups in total. The summed E-state index contributed by atoms with van der Waals surface area (Å²) in [6, 6.07) is 8.07. The lowest BCUT2D eigenvalue weighted by Crippen LogP contribution is -2.36. The number of para-hydroxylation sites is 1. The van der Waals surface area contributed by atoms with Crippen LogP contribution >= 0.6 is 12.6 Å². The standard InChI is InChI=1S/C16H15NO2S/c1-8(11-12(18)13(19)14(11)20)15-16(2,3)9-6-4-5-7-10(9)17-15/h4-7,17,20H,1-3H3. The van der Waals surface area contributed by atoms with Crippen molar-refractivity contribution in [2.24, 2.45) is 0 Å². The zero-order chi connectivity index (χ0) is 14.7. The van der Waals surface area contributed by atoms with Crippen LogP contribution in [0.15, 0.2) is 44.4 Å². The van der Waals surface area contributed by atoms with Gasteiger partial charge in [0.15, 0.2) is 0 Å². The maximum atomic E-state index is 11.7. The molecule has 0 unspecified atom stereocenters. The van der Waals surface area contributed by atoms with Gasteiger partial charge in [0.05, 0.1) is 4.90 Å². The first-order chi connectivity index (χ1) is 9.35. The van der Waals surface area contributed by atoms with E-state index < -0.39 is 10.9 Å². The Labute approximate surface area is 122 Å². The molecular formula is C16H15NO2S. The highest BCUT2D eigenvalue weighted by Crippen LogP contribution is 2.45. The van der Waals surface area contributed by atoms with Crippen LogP contribution in [0.2, 0.25) is 0 Å². The Balaban J connectivity index is 2.20. The number of thiol groups is 1.